The summed E-state index contributed by atoms with van der Waals surface area (Å²) in [5.74, 6) is 0.657. The first-order chi connectivity index (χ1) is 9.88. The highest BCUT2D eigenvalue weighted by molar-refractivity contribution is 6.00. The van der Waals surface area contributed by atoms with Gasteiger partial charge in [-0.3, -0.25) is 4.79 Å². The van der Waals surface area contributed by atoms with Crippen LogP contribution in [0, 0.1) is 5.92 Å². The first kappa shape index (κ1) is 15.6. The summed E-state index contributed by atoms with van der Waals surface area (Å²) in [5.41, 5.74) is 8.23. The van der Waals surface area contributed by atoms with Gasteiger partial charge >= 0.3 is 0 Å². The molecule has 1 heterocycles. The second-order valence-corrected chi connectivity index (χ2v) is 6.27. The van der Waals surface area contributed by atoms with Crippen LogP contribution in [0.3, 0.4) is 0 Å². The monoisotopic (exact) mass is 290 g/mol. The van der Waals surface area contributed by atoms with Crippen molar-refractivity contribution in [2.45, 2.75) is 6.42 Å². The van der Waals surface area contributed by atoms with Crippen molar-refractivity contribution in [2.24, 2.45) is 5.92 Å². The van der Waals surface area contributed by atoms with Crippen LogP contribution in [0.25, 0.3) is 0 Å². The second kappa shape index (κ2) is 6.35. The van der Waals surface area contributed by atoms with Crippen LogP contribution in [0.5, 0.6) is 0 Å². The molecule has 1 fully saturated rings. The lowest BCUT2D eigenvalue weighted by atomic mass is 10.1. The summed E-state index contributed by atoms with van der Waals surface area (Å²) in [6, 6.07) is 5.51. The van der Waals surface area contributed by atoms with Gasteiger partial charge in [0.15, 0.2) is 0 Å². The Labute approximate surface area is 127 Å². The predicted octanol–water partition coefficient (Wildman–Crippen LogP) is 1.36. The topological polar surface area (TPSA) is 52.8 Å². The first-order valence-electron chi connectivity index (χ1n) is 7.39. The third-order valence-electron chi connectivity index (χ3n) is 4.09. The van der Waals surface area contributed by atoms with Crippen molar-refractivity contribution < 1.29 is 4.79 Å². The van der Waals surface area contributed by atoms with E-state index in [9.17, 15) is 4.79 Å². The average Bonchev–Trinajstić information content (AvgIpc) is 2.83. The molecule has 0 spiro atoms. The number of carbonyl (C=O) groups is 1. The smallest absolute Gasteiger partial charge is 0.255 e. The molecule has 0 bridgehead atoms. The van der Waals surface area contributed by atoms with Gasteiger partial charge in [0.1, 0.15) is 0 Å². The highest BCUT2D eigenvalue weighted by atomic mass is 16.2. The molecule has 2 N–H and O–H groups in total. The molecule has 2 rings (SSSR count). The number of anilines is 2. The van der Waals surface area contributed by atoms with E-state index in [0.717, 1.165) is 25.3 Å². The zero-order chi connectivity index (χ0) is 15.6. The second-order valence-electron chi connectivity index (χ2n) is 6.27. The molecule has 0 aromatic heterocycles. The largest absolute Gasteiger partial charge is 0.399 e. The van der Waals surface area contributed by atoms with Crippen molar-refractivity contribution >= 4 is 17.3 Å². The van der Waals surface area contributed by atoms with Crippen LogP contribution in [-0.4, -0.2) is 63.5 Å². The Morgan fingerprint density at radius 1 is 1.38 bits per heavy atom. The lowest BCUT2D eigenvalue weighted by Gasteiger charge is -2.26. The number of hydrogen-bond acceptors (Lipinski definition) is 4. The standard InChI is InChI=1S/C16H26N4O/c1-18(2)16(21)14-6-5-13(17)9-15(14)20(4)11-12-7-8-19(3)10-12/h5-6,9,12H,7-8,10-11,17H2,1-4H3. The van der Waals surface area contributed by atoms with Crippen molar-refractivity contribution in [3.8, 4) is 0 Å². The molecule has 1 amide bonds. The van der Waals surface area contributed by atoms with Crippen molar-refractivity contribution in [3.63, 3.8) is 0 Å². The summed E-state index contributed by atoms with van der Waals surface area (Å²) < 4.78 is 0. The number of rotatable bonds is 4. The SMILES string of the molecule is CN1CCC(CN(C)c2cc(N)ccc2C(=O)N(C)C)C1. The molecule has 0 saturated carbocycles. The molecule has 1 aromatic rings. The third kappa shape index (κ3) is 3.67. The number of nitrogens with zero attached hydrogens (tertiary/aromatic N) is 3. The van der Waals surface area contributed by atoms with Crippen molar-refractivity contribution in [3.05, 3.63) is 23.8 Å². The molecule has 116 valence electrons. The molecule has 1 aliphatic rings. The number of nitrogen functional groups attached to an aromatic ring is 1. The van der Waals surface area contributed by atoms with E-state index < -0.39 is 0 Å². The maximum Gasteiger partial charge on any atom is 0.255 e. The van der Waals surface area contributed by atoms with E-state index in [-0.39, 0.29) is 5.91 Å². The van der Waals surface area contributed by atoms with Crippen LogP contribution < -0.4 is 10.6 Å². The lowest BCUT2D eigenvalue weighted by Crippen LogP contribution is -2.30. The zero-order valence-corrected chi connectivity index (χ0v) is 13.5. The maximum atomic E-state index is 12.3. The lowest BCUT2D eigenvalue weighted by molar-refractivity contribution is 0.0828. The van der Waals surface area contributed by atoms with Crippen LogP contribution in [0.2, 0.25) is 0 Å². The average molecular weight is 290 g/mol. The van der Waals surface area contributed by atoms with Crippen molar-refractivity contribution in [1.29, 1.82) is 0 Å². The minimum Gasteiger partial charge on any atom is -0.399 e. The van der Waals surface area contributed by atoms with Crippen LogP contribution in [0.4, 0.5) is 11.4 Å². The number of carbonyl (C=O) groups excluding carboxylic acids is 1. The molecule has 5 nitrogen and oxygen atoms in total. The molecular formula is C16H26N4O. The van der Waals surface area contributed by atoms with Crippen LogP contribution in [-0.2, 0) is 0 Å². The fraction of sp³-hybridized carbons (Fsp3) is 0.562. The number of nitrogens with two attached hydrogens (primary N) is 1. The minimum absolute atomic E-state index is 0.0142. The normalized spacial score (nSPS) is 18.8. The van der Waals surface area contributed by atoms with E-state index in [1.54, 1.807) is 25.1 Å². The first-order valence-corrected chi connectivity index (χ1v) is 7.39. The van der Waals surface area contributed by atoms with Crippen molar-refractivity contribution in [2.75, 3.05) is 58.5 Å². The van der Waals surface area contributed by atoms with Crippen LogP contribution in [0.1, 0.15) is 16.8 Å². The van der Waals surface area contributed by atoms with E-state index in [0.29, 0.717) is 17.2 Å². The Morgan fingerprint density at radius 2 is 2.10 bits per heavy atom. The fourth-order valence-corrected chi connectivity index (χ4v) is 2.95. The van der Waals surface area contributed by atoms with Gasteiger partial charge < -0.3 is 20.4 Å². The van der Waals surface area contributed by atoms with E-state index >= 15 is 0 Å². The van der Waals surface area contributed by atoms with E-state index in [4.69, 9.17) is 5.73 Å². The van der Waals surface area contributed by atoms with Crippen LogP contribution in [0.15, 0.2) is 18.2 Å². The quantitative estimate of drug-likeness (QED) is 0.851. The summed E-state index contributed by atoms with van der Waals surface area (Å²) in [7, 11) is 7.74. The van der Waals surface area contributed by atoms with Crippen molar-refractivity contribution in [1.82, 2.24) is 9.80 Å². The molecule has 1 atom stereocenters. The van der Waals surface area contributed by atoms with Gasteiger partial charge in [0.2, 0.25) is 0 Å². The van der Waals surface area contributed by atoms with Gasteiger partial charge in [0.25, 0.3) is 5.91 Å². The molecular weight excluding hydrogens is 264 g/mol. The molecule has 0 aliphatic carbocycles. The predicted molar refractivity (Wildman–Crippen MR) is 87.7 cm³/mol. The molecule has 5 heteroatoms. The molecule has 1 unspecified atom stereocenters. The summed E-state index contributed by atoms with van der Waals surface area (Å²) in [4.78, 5) is 18.4. The zero-order valence-electron chi connectivity index (χ0n) is 13.5. The van der Waals surface area contributed by atoms with Gasteiger partial charge in [-0.1, -0.05) is 0 Å². The highest BCUT2D eigenvalue weighted by Gasteiger charge is 2.23. The Balaban J connectivity index is 2.20. The Morgan fingerprint density at radius 3 is 2.67 bits per heavy atom. The van der Waals surface area contributed by atoms with E-state index in [1.165, 1.54) is 6.42 Å². The van der Waals surface area contributed by atoms with E-state index in [1.807, 2.05) is 19.2 Å². The number of hydrogen-bond donors (Lipinski definition) is 1. The maximum absolute atomic E-state index is 12.3. The Bertz CT molecular complexity index is 515. The molecule has 1 aliphatic heterocycles. The molecule has 0 radical (unpaired) electrons. The number of benzene rings is 1. The summed E-state index contributed by atoms with van der Waals surface area (Å²) in [6.07, 6.45) is 1.21. The van der Waals surface area contributed by atoms with Gasteiger partial charge in [-0.2, -0.15) is 0 Å². The fourth-order valence-electron chi connectivity index (χ4n) is 2.95. The minimum atomic E-state index is 0.0142. The summed E-state index contributed by atoms with van der Waals surface area (Å²) >= 11 is 0. The molecule has 1 aromatic carbocycles. The van der Waals surface area contributed by atoms with Gasteiger partial charge in [0, 0.05) is 39.9 Å². The third-order valence-corrected chi connectivity index (χ3v) is 4.09. The number of amides is 1. The Kier molecular flexibility index (Phi) is 4.73. The summed E-state index contributed by atoms with van der Waals surface area (Å²) in [5, 5.41) is 0. The molecule has 21 heavy (non-hydrogen) atoms. The highest BCUT2D eigenvalue weighted by Crippen LogP contribution is 2.26. The van der Waals surface area contributed by atoms with Gasteiger partial charge in [-0.15, -0.1) is 0 Å². The molecule has 1 saturated heterocycles. The summed E-state index contributed by atoms with van der Waals surface area (Å²) in [6.45, 7) is 3.21. The van der Waals surface area contributed by atoms with Gasteiger partial charge in [0.05, 0.1) is 11.3 Å². The Hall–Kier alpha value is -1.75. The van der Waals surface area contributed by atoms with Gasteiger partial charge in [-0.05, 0) is 44.1 Å². The van der Waals surface area contributed by atoms with Crippen LogP contribution >= 0.6 is 0 Å². The van der Waals surface area contributed by atoms with E-state index in [2.05, 4.69) is 16.8 Å². The van der Waals surface area contributed by atoms with Gasteiger partial charge in [-0.25, -0.2) is 0 Å². The number of likely N-dealkylation sites (tertiary alicyclic amines) is 1.